The molecule has 0 aromatic rings. The zero-order valence-electron chi connectivity index (χ0n) is 10.4. The Morgan fingerprint density at radius 2 is 1.71 bits per heavy atom. The Balaban J connectivity index is 1.99. The molecule has 2 rings (SSSR count). The SMILES string of the molecule is CC1CCN(S(=O)(=O)N2CCC(CO)C2)CC1. The molecule has 1 unspecified atom stereocenters. The highest BCUT2D eigenvalue weighted by Crippen LogP contribution is 2.25. The van der Waals surface area contributed by atoms with Gasteiger partial charge in [-0.3, -0.25) is 0 Å². The van der Waals surface area contributed by atoms with Crippen molar-refractivity contribution in [1.82, 2.24) is 8.61 Å². The molecule has 1 atom stereocenters. The third kappa shape index (κ3) is 2.81. The highest BCUT2D eigenvalue weighted by Gasteiger charge is 2.36. The zero-order valence-corrected chi connectivity index (χ0v) is 11.2. The summed E-state index contributed by atoms with van der Waals surface area (Å²) in [5, 5.41) is 9.06. The molecule has 2 fully saturated rings. The largest absolute Gasteiger partial charge is 0.396 e. The summed E-state index contributed by atoms with van der Waals surface area (Å²) in [5.41, 5.74) is 0. The van der Waals surface area contributed by atoms with E-state index in [0.717, 1.165) is 19.3 Å². The van der Waals surface area contributed by atoms with Crippen LogP contribution in [0.1, 0.15) is 26.2 Å². The molecular formula is C11H22N2O3S. The first-order chi connectivity index (χ1) is 8.04. The van der Waals surface area contributed by atoms with Crippen molar-refractivity contribution in [1.29, 1.82) is 0 Å². The van der Waals surface area contributed by atoms with E-state index in [-0.39, 0.29) is 12.5 Å². The lowest BCUT2D eigenvalue weighted by molar-refractivity contribution is 0.229. The van der Waals surface area contributed by atoms with Crippen LogP contribution in [0.2, 0.25) is 0 Å². The van der Waals surface area contributed by atoms with Crippen molar-refractivity contribution in [3.63, 3.8) is 0 Å². The van der Waals surface area contributed by atoms with Gasteiger partial charge in [0.25, 0.3) is 10.2 Å². The third-order valence-corrected chi connectivity index (χ3v) is 5.90. The van der Waals surface area contributed by atoms with Crippen molar-refractivity contribution in [3.05, 3.63) is 0 Å². The highest BCUT2D eigenvalue weighted by atomic mass is 32.2. The van der Waals surface area contributed by atoms with Gasteiger partial charge >= 0.3 is 0 Å². The second-order valence-corrected chi connectivity index (χ2v) is 7.21. The maximum atomic E-state index is 12.3. The Bertz CT molecular complexity index is 342. The molecule has 0 aromatic carbocycles. The Labute approximate surface area is 104 Å². The standard InChI is InChI=1S/C11H22N2O3S/c1-10-2-5-12(6-3-10)17(15,16)13-7-4-11(8-13)9-14/h10-11,14H,2-9H2,1H3. The van der Waals surface area contributed by atoms with E-state index in [9.17, 15) is 8.42 Å². The number of aliphatic hydroxyl groups is 1. The van der Waals surface area contributed by atoms with Crippen molar-refractivity contribution in [2.24, 2.45) is 11.8 Å². The molecule has 0 aromatic heterocycles. The summed E-state index contributed by atoms with van der Waals surface area (Å²) in [7, 11) is -3.27. The average molecular weight is 262 g/mol. The van der Waals surface area contributed by atoms with Crippen LogP contribution in [0.25, 0.3) is 0 Å². The van der Waals surface area contributed by atoms with Crippen molar-refractivity contribution >= 4 is 10.2 Å². The quantitative estimate of drug-likeness (QED) is 0.794. The second kappa shape index (κ2) is 5.22. The molecule has 6 heteroatoms. The van der Waals surface area contributed by atoms with E-state index in [0.29, 0.717) is 32.1 Å². The maximum Gasteiger partial charge on any atom is 0.281 e. The first kappa shape index (κ1) is 13.3. The van der Waals surface area contributed by atoms with E-state index >= 15 is 0 Å². The van der Waals surface area contributed by atoms with Crippen LogP contribution in [-0.4, -0.2) is 54.9 Å². The summed E-state index contributed by atoms with van der Waals surface area (Å²) in [5.74, 6) is 0.749. The molecule has 17 heavy (non-hydrogen) atoms. The van der Waals surface area contributed by atoms with Gasteiger partial charge in [-0.2, -0.15) is 17.0 Å². The smallest absolute Gasteiger partial charge is 0.281 e. The van der Waals surface area contributed by atoms with Gasteiger partial charge in [0.15, 0.2) is 0 Å². The van der Waals surface area contributed by atoms with Crippen molar-refractivity contribution < 1.29 is 13.5 Å². The summed E-state index contributed by atoms with van der Waals surface area (Å²) >= 11 is 0. The van der Waals surface area contributed by atoms with Crippen molar-refractivity contribution in [2.45, 2.75) is 26.2 Å². The molecule has 0 amide bonds. The van der Waals surface area contributed by atoms with Gasteiger partial charge in [-0.05, 0) is 31.1 Å². The number of nitrogens with zero attached hydrogens (tertiary/aromatic N) is 2. The minimum Gasteiger partial charge on any atom is -0.396 e. The lowest BCUT2D eigenvalue weighted by Gasteiger charge is -2.32. The van der Waals surface area contributed by atoms with Gasteiger partial charge in [0.05, 0.1) is 0 Å². The van der Waals surface area contributed by atoms with Crippen molar-refractivity contribution in [3.8, 4) is 0 Å². The van der Waals surface area contributed by atoms with Crippen LogP contribution in [0.15, 0.2) is 0 Å². The molecule has 2 aliphatic heterocycles. The van der Waals surface area contributed by atoms with Crippen LogP contribution < -0.4 is 0 Å². The fourth-order valence-electron chi connectivity index (χ4n) is 2.53. The van der Waals surface area contributed by atoms with Gasteiger partial charge in [-0.15, -0.1) is 0 Å². The first-order valence-electron chi connectivity index (χ1n) is 6.40. The topological polar surface area (TPSA) is 60.9 Å². The van der Waals surface area contributed by atoms with Crippen LogP contribution >= 0.6 is 0 Å². The molecule has 5 nitrogen and oxygen atoms in total. The van der Waals surface area contributed by atoms with Gasteiger partial charge < -0.3 is 5.11 Å². The predicted octanol–water partition coefficient (Wildman–Crippen LogP) is 0.277. The third-order valence-electron chi connectivity index (χ3n) is 3.90. The predicted molar refractivity (Wildman–Crippen MR) is 65.7 cm³/mol. The first-order valence-corrected chi connectivity index (χ1v) is 7.80. The van der Waals surface area contributed by atoms with E-state index in [2.05, 4.69) is 6.92 Å². The Morgan fingerprint density at radius 1 is 1.12 bits per heavy atom. The average Bonchev–Trinajstić information content (AvgIpc) is 2.78. The summed E-state index contributed by atoms with van der Waals surface area (Å²) in [6.07, 6.45) is 2.69. The molecule has 1 N–H and O–H groups in total. The monoisotopic (exact) mass is 262 g/mol. The fraction of sp³-hybridized carbons (Fsp3) is 1.00. The number of piperidine rings is 1. The number of hydrogen-bond acceptors (Lipinski definition) is 3. The molecule has 0 spiro atoms. The molecule has 0 bridgehead atoms. The fourth-order valence-corrected chi connectivity index (χ4v) is 4.27. The van der Waals surface area contributed by atoms with E-state index in [1.807, 2.05) is 0 Å². The summed E-state index contributed by atoms with van der Waals surface area (Å²) in [4.78, 5) is 0. The summed E-state index contributed by atoms with van der Waals surface area (Å²) in [6.45, 7) is 4.57. The van der Waals surface area contributed by atoms with Crippen LogP contribution in [0.5, 0.6) is 0 Å². The summed E-state index contributed by atoms with van der Waals surface area (Å²) < 4.78 is 27.8. The van der Waals surface area contributed by atoms with E-state index in [1.165, 1.54) is 4.31 Å². The zero-order chi connectivity index (χ0) is 12.5. The van der Waals surface area contributed by atoms with Gasteiger partial charge in [0, 0.05) is 32.8 Å². The minimum absolute atomic E-state index is 0.0864. The molecule has 2 saturated heterocycles. The van der Waals surface area contributed by atoms with Crippen LogP contribution in [0.3, 0.4) is 0 Å². The Kier molecular flexibility index (Phi) is 4.07. The van der Waals surface area contributed by atoms with E-state index < -0.39 is 10.2 Å². The van der Waals surface area contributed by atoms with Gasteiger partial charge in [0.2, 0.25) is 0 Å². The van der Waals surface area contributed by atoms with E-state index in [4.69, 9.17) is 5.11 Å². The lowest BCUT2D eigenvalue weighted by Crippen LogP contribution is -2.46. The van der Waals surface area contributed by atoms with E-state index in [1.54, 1.807) is 4.31 Å². The Morgan fingerprint density at radius 3 is 2.24 bits per heavy atom. The molecule has 0 radical (unpaired) electrons. The molecule has 0 saturated carbocycles. The van der Waals surface area contributed by atoms with Gasteiger partial charge in [-0.25, -0.2) is 0 Å². The highest BCUT2D eigenvalue weighted by molar-refractivity contribution is 7.86. The summed E-state index contributed by atoms with van der Waals surface area (Å²) in [6, 6.07) is 0. The molecule has 100 valence electrons. The van der Waals surface area contributed by atoms with Crippen molar-refractivity contribution in [2.75, 3.05) is 32.8 Å². The molecule has 2 heterocycles. The maximum absolute atomic E-state index is 12.3. The molecule has 0 aliphatic carbocycles. The van der Waals surface area contributed by atoms with Crippen LogP contribution in [0, 0.1) is 11.8 Å². The number of aliphatic hydroxyl groups excluding tert-OH is 1. The normalized spacial score (nSPS) is 29.9. The number of rotatable bonds is 3. The number of hydrogen-bond donors (Lipinski definition) is 1. The van der Waals surface area contributed by atoms with Gasteiger partial charge in [-0.1, -0.05) is 6.92 Å². The second-order valence-electron chi connectivity index (χ2n) is 5.28. The van der Waals surface area contributed by atoms with Crippen LogP contribution in [-0.2, 0) is 10.2 Å². The minimum atomic E-state index is -3.27. The lowest BCUT2D eigenvalue weighted by atomic mass is 10.0. The van der Waals surface area contributed by atoms with Gasteiger partial charge in [0.1, 0.15) is 0 Å². The molecule has 2 aliphatic rings. The van der Waals surface area contributed by atoms with Crippen LogP contribution in [0.4, 0.5) is 0 Å². The Hall–Kier alpha value is -0.170. The molecular weight excluding hydrogens is 240 g/mol.